The van der Waals surface area contributed by atoms with Gasteiger partial charge in [-0.05, 0) is 0 Å². The third kappa shape index (κ3) is 5.64. The molecule has 22 nitrogen and oxygen atoms in total. The summed E-state index contributed by atoms with van der Waals surface area (Å²) in [6.07, 6.45) is -10.7. The maximum Gasteiger partial charge on any atom is 0.472 e. The Morgan fingerprint density at radius 3 is 2.02 bits per heavy atom. The quantitative estimate of drug-likeness (QED) is 0.137. The van der Waals surface area contributed by atoms with Crippen LogP contribution < -0.4 is 22.6 Å². The smallest absolute Gasteiger partial charge is 0.386 e. The second kappa shape index (κ2) is 10.8. The van der Waals surface area contributed by atoms with E-state index in [1.165, 1.54) is 0 Å². The van der Waals surface area contributed by atoms with E-state index in [0.717, 1.165) is 27.7 Å². The Kier molecular flexibility index (Phi) is 7.52. The first kappa shape index (κ1) is 29.9. The monoisotopic (exact) mass is 650 g/mol. The number of rotatable bonds is 2. The lowest BCUT2D eigenvalue weighted by Gasteiger charge is -2.27. The number of anilines is 2. The van der Waals surface area contributed by atoms with E-state index in [1.54, 1.807) is 0 Å². The second-order valence-corrected chi connectivity index (χ2v) is 12.4. The number of phosphoric acid groups is 2. The second-order valence-electron chi connectivity index (χ2n) is 9.59. The molecule has 0 saturated carbocycles. The highest BCUT2D eigenvalue weighted by molar-refractivity contribution is 7.47. The van der Waals surface area contributed by atoms with Crippen molar-refractivity contribution in [3.8, 4) is 0 Å². The molecule has 3 aromatic rings. The standard InChI is InChI=1S/C19H24N8O14P2/c20-18-24-14-9(15(31)25-18)22-5-27(14)17-11(30)13-7(39-17)4-37-42(32,33)40-12-6(3-36-43(34,35)41-13)38-16(10(12)29)26-2-1-8(28)23-19(26)21/h1-2,5-7,10-13,16-17,29-30H,3-4H2,(H,32,33)(H,34,35)(H2,21,23,28)(H3,20,24,25,31)/t6-,7-,10-,11-,12-,13-,16-,17-/m1/s1. The molecule has 3 aliphatic rings. The topological polar surface area (TPSA) is 321 Å². The summed E-state index contributed by atoms with van der Waals surface area (Å²) in [4.78, 5) is 58.3. The van der Waals surface area contributed by atoms with E-state index in [4.69, 9.17) is 39.0 Å². The van der Waals surface area contributed by atoms with E-state index in [9.17, 15) is 38.7 Å². The Morgan fingerprint density at radius 2 is 1.47 bits per heavy atom. The van der Waals surface area contributed by atoms with Crippen molar-refractivity contribution in [1.29, 1.82) is 0 Å². The van der Waals surface area contributed by atoms with E-state index < -0.39 is 89.1 Å². The Bertz CT molecular complexity index is 1760. The summed E-state index contributed by atoms with van der Waals surface area (Å²) in [6.45, 7) is -1.71. The van der Waals surface area contributed by atoms with E-state index in [2.05, 4.69) is 19.9 Å². The van der Waals surface area contributed by atoms with Gasteiger partial charge in [0, 0.05) is 12.3 Å². The highest BCUT2D eigenvalue weighted by atomic mass is 31.2. The number of aromatic amines is 1. The number of aliphatic hydroxyl groups excluding tert-OH is 2. The molecule has 0 spiro atoms. The van der Waals surface area contributed by atoms with Crippen LogP contribution in [-0.4, -0.2) is 98.9 Å². The predicted molar refractivity (Wildman–Crippen MR) is 137 cm³/mol. The van der Waals surface area contributed by atoms with Gasteiger partial charge < -0.3 is 40.9 Å². The zero-order valence-electron chi connectivity index (χ0n) is 21.4. The summed E-state index contributed by atoms with van der Waals surface area (Å²) in [5.41, 5.74) is 9.69. The summed E-state index contributed by atoms with van der Waals surface area (Å²) >= 11 is 0. The fraction of sp³-hybridized carbons (Fsp3) is 0.526. The van der Waals surface area contributed by atoms with Crippen molar-refractivity contribution in [2.24, 2.45) is 0 Å². The largest absolute Gasteiger partial charge is 0.472 e. The maximum atomic E-state index is 13.0. The number of aliphatic hydroxyl groups is 2. The first-order valence-electron chi connectivity index (χ1n) is 12.3. The minimum absolute atomic E-state index is 0.116. The summed E-state index contributed by atoms with van der Waals surface area (Å²) in [5, 5.41) is 22.0. The first-order chi connectivity index (χ1) is 20.2. The highest BCUT2D eigenvalue weighted by Gasteiger charge is 2.53. The van der Waals surface area contributed by atoms with Crippen LogP contribution in [0.5, 0.6) is 0 Å². The number of nitrogen functional groups attached to an aromatic ring is 2. The van der Waals surface area contributed by atoms with Crippen molar-refractivity contribution in [1.82, 2.24) is 29.1 Å². The van der Waals surface area contributed by atoms with Gasteiger partial charge in [-0.2, -0.15) is 9.97 Å². The molecule has 6 rings (SSSR count). The van der Waals surface area contributed by atoms with Crippen LogP contribution in [0.15, 0.2) is 28.2 Å². The third-order valence-corrected chi connectivity index (χ3v) is 8.77. The molecule has 3 aromatic heterocycles. The van der Waals surface area contributed by atoms with Gasteiger partial charge in [0.15, 0.2) is 23.6 Å². The van der Waals surface area contributed by atoms with E-state index >= 15 is 0 Å². The lowest BCUT2D eigenvalue weighted by Crippen LogP contribution is -2.39. The number of H-pyrrole nitrogens is 1. The normalized spacial score (nSPS) is 38.7. The van der Waals surface area contributed by atoms with Crippen LogP contribution in [0.3, 0.4) is 0 Å². The Balaban J connectivity index is 1.28. The molecule has 9 N–H and O–H groups in total. The molecular formula is C19H24N8O14P2. The van der Waals surface area contributed by atoms with E-state index in [1.807, 2.05) is 0 Å². The lowest BCUT2D eigenvalue weighted by atomic mass is 10.1. The van der Waals surface area contributed by atoms with Gasteiger partial charge >= 0.3 is 15.6 Å². The molecule has 0 amide bonds. The van der Waals surface area contributed by atoms with Crippen molar-refractivity contribution in [2.75, 3.05) is 24.7 Å². The summed E-state index contributed by atoms with van der Waals surface area (Å²) in [6, 6.07) is 1.01. The fourth-order valence-corrected chi connectivity index (χ4v) is 6.83. The molecule has 43 heavy (non-hydrogen) atoms. The molecule has 3 fully saturated rings. The predicted octanol–water partition coefficient (Wildman–Crippen LogP) is -2.92. The number of ether oxygens (including phenoxy) is 2. The Morgan fingerprint density at radius 1 is 0.907 bits per heavy atom. The van der Waals surface area contributed by atoms with Crippen LogP contribution in [0.1, 0.15) is 12.5 Å². The molecule has 0 radical (unpaired) electrons. The van der Waals surface area contributed by atoms with Gasteiger partial charge in [0.25, 0.3) is 11.1 Å². The molecule has 3 saturated heterocycles. The molecule has 6 heterocycles. The van der Waals surface area contributed by atoms with Crippen molar-refractivity contribution >= 4 is 38.7 Å². The van der Waals surface area contributed by atoms with E-state index in [-0.39, 0.29) is 23.1 Å². The minimum atomic E-state index is -5.07. The van der Waals surface area contributed by atoms with Crippen molar-refractivity contribution in [3.05, 3.63) is 39.3 Å². The van der Waals surface area contributed by atoms with Crippen LogP contribution in [-0.2, 0) is 36.7 Å². The van der Waals surface area contributed by atoms with Crippen molar-refractivity contribution < 1.29 is 56.7 Å². The van der Waals surface area contributed by atoms with Crippen molar-refractivity contribution in [2.45, 2.75) is 49.1 Å². The van der Waals surface area contributed by atoms with Crippen LogP contribution in [0, 0.1) is 0 Å². The Hall–Kier alpha value is -3.11. The molecule has 234 valence electrons. The number of nitrogens with one attached hydrogen (secondary N) is 1. The van der Waals surface area contributed by atoms with Gasteiger partial charge in [0.2, 0.25) is 11.9 Å². The fourth-order valence-electron chi connectivity index (χ4n) is 4.90. The van der Waals surface area contributed by atoms with Gasteiger partial charge in [-0.15, -0.1) is 0 Å². The average molecular weight is 650 g/mol. The summed E-state index contributed by atoms with van der Waals surface area (Å²) in [7, 11) is -10.1. The van der Waals surface area contributed by atoms with Gasteiger partial charge in [-0.3, -0.25) is 41.8 Å². The number of imidazole rings is 1. The van der Waals surface area contributed by atoms with Gasteiger partial charge in [0.1, 0.15) is 36.6 Å². The SMILES string of the molecule is Nc1nc2c(ncn2[C@@H]2O[C@@H]3COP(=O)(O)O[C@H]4[C@@H](O)[C@H](n5ccc(=O)nc5N)O[C@@H]4COP(=O)(O)O[C@H]3[C@H]2O)c(=O)[nH]1. The first-order valence-corrected chi connectivity index (χ1v) is 15.3. The van der Waals surface area contributed by atoms with Gasteiger partial charge in [0.05, 0.1) is 19.5 Å². The van der Waals surface area contributed by atoms with Crippen LogP contribution in [0.25, 0.3) is 11.2 Å². The van der Waals surface area contributed by atoms with Crippen LogP contribution in [0.2, 0.25) is 0 Å². The lowest BCUT2D eigenvalue weighted by molar-refractivity contribution is -0.0667. The minimum Gasteiger partial charge on any atom is -0.386 e. The molecule has 0 aliphatic carbocycles. The van der Waals surface area contributed by atoms with Gasteiger partial charge in [-0.1, -0.05) is 0 Å². The molecule has 3 aliphatic heterocycles. The average Bonchev–Trinajstić information content (AvgIpc) is 3.56. The summed E-state index contributed by atoms with van der Waals surface area (Å²) < 4.78 is 59.9. The van der Waals surface area contributed by atoms with Crippen LogP contribution >= 0.6 is 15.6 Å². The molecule has 0 bridgehead atoms. The Labute approximate surface area is 237 Å². The van der Waals surface area contributed by atoms with E-state index in [0.29, 0.717) is 0 Å². The number of aromatic nitrogens is 6. The molecule has 0 aromatic carbocycles. The molecule has 24 heteroatoms. The molecule has 2 unspecified atom stereocenters. The zero-order valence-corrected chi connectivity index (χ0v) is 23.2. The third-order valence-electron chi connectivity index (χ3n) is 6.80. The summed E-state index contributed by atoms with van der Waals surface area (Å²) in [5.74, 6) is -0.655. The number of hydrogen-bond acceptors (Lipinski definition) is 17. The number of nitrogens with zero attached hydrogens (tertiary/aromatic N) is 5. The highest BCUT2D eigenvalue weighted by Crippen LogP contribution is 2.53. The number of nitrogens with two attached hydrogens (primary N) is 2. The van der Waals surface area contributed by atoms with Crippen molar-refractivity contribution in [3.63, 3.8) is 0 Å². The van der Waals surface area contributed by atoms with Gasteiger partial charge in [-0.25, -0.2) is 14.1 Å². The molecule has 10 atom stereocenters. The maximum absolute atomic E-state index is 13.0. The number of phosphoric ester groups is 2. The zero-order chi connectivity index (χ0) is 30.8. The number of hydrogen-bond donors (Lipinski definition) is 7. The van der Waals surface area contributed by atoms with Crippen LogP contribution in [0.4, 0.5) is 11.9 Å². The molecular weight excluding hydrogens is 626 g/mol. The number of fused-ring (bicyclic) bond motifs is 3.